The lowest BCUT2D eigenvalue weighted by molar-refractivity contribution is -0.318. The predicted octanol–water partition coefficient (Wildman–Crippen LogP) is 1.14. The number of halogens is 6. The van der Waals surface area contributed by atoms with Crippen LogP contribution < -0.4 is 5.11 Å². The summed E-state index contributed by atoms with van der Waals surface area (Å²) in [7, 11) is 0. The van der Waals surface area contributed by atoms with E-state index in [-0.39, 0.29) is 11.4 Å². The van der Waals surface area contributed by atoms with Crippen LogP contribution in [0.5, 0.6) is 0 Å². The molecule has 0 aromatic heterocycles. The minimum Gasteiger partial charge on any atom is -0.530 e. The maximum absolute atomic E-state index is 12.2. The van der Waals surface area contributed by atoms with Gasteiger partial charge in [0, 0.05) is 6.54 Å². The average molecular weight is 250 g/mol. The first kappa shape index (κ1) is 12.9. The summed E-state index contributed by atoms with van der Waals surface area (Å²) in [5.74, 6) is -3.65. The van der Waals surface area contributed by atoms with E-state index in [1.165, 1.54) is 0 Å². The van der Waals surface area contributed by atoms with Crippen LogP contribution in [0.1, 0.15) is 6.42 Å². The number of carbonyl (C=O) groups is 1. The number of rotatable bonds is 1. The highest BCUT2D eigenvalue weighted by atomic mass is 19.4. The Bertz CT molecular complexity index is 272. The first-order valence-corrected chi connectivity index (χ1v) is 4.16. The highest BCUT2D eigenvalue weighted by molar-refractivity contribution is 5.64. The molecule has 1 fully saturated rings. The molecule has 1 amide bonds. The zero-order valence-electron chi connectivity index (χ0n) is 7.60. The second-order valence-corrected chi connectivity index (χ2v) is 3.38. The molecule has 0 spiro atoms. The van der Waals surface area contributed by atoms with Gasteiger partial charge in [-0.15, -0.1) is 0 Å². The standard InChI is InChI=1S/C7H7F6NO2/c8-6(9,10)4(7(11,12)13)3-1-2-14(3)5(15)16/h3-4H,1-2H2,(H,15,16)/p-1. The normalized spacial score (nSPS) is 22.2. The van der Waals surface area contributed by atoms with Gasteiger partial charge in [-0.3, -0.25) is 0 Å². The first-order chi connectivity index (χ1) is 7.05. The maximum atomic E-state index is 12.2. The number of hydrogen-bond donors (Lipinski definition) is 0. The number of nitrogens with zero attached hydrogens (tertiary/aromatic N) is 1. The molecule has 1 aliphatic heterocycles. The van der Waals surface area contributed by atoms with Gasteiger partial charge in [0.15, 0.2) is 5.92 Å². The summed E-state index contributed by atoms with van der Waals surface area (Å²) >= 11 is 0. The SMILES string of the molecule is O=C([O-])N1CCC1C(C(F)(F)F)C(F)(F)F. The molecule has 9 heteroatoms. The van der Waals surface area contributed by atoms with Crippen LogP contribution in [-0.4, -0.2) is 35.9 Å². The number of hydrogen-bond acceptors (Lipinski definition) is 2. The quantitative estimate of drug-likeness (QED) is 0.655. The van der Waals surface area contributed by atoms with Crippen molar-refractivity contribution in [1.82, 2.24) is 4.90 Å². The highest BCUT2D eigenvalue weighted by Crippen LogP contribution is 2.45. The Morgan fingerprint density at radius 2 is 1.62 bits per heavy atom. The Kier molecular flexibility index (Phi) is 2.99. The van der Waals surface area contributed by atoms with Gasteiger partial charge in [0.2, 0.25) is 0 Å². The molecule has 0 bridgehead atoms. The van der Waals surface area contributed by atoms with Crippen molar-refractivity contribution in [2.24, 2.45) is 5.92 Å². The van der Waals surface area contributed by atoms with Crippen molar-refractivity contribution in [1.29, 1.82) is 0 Å². The third kappa shape index (κ3) is 2.33. The van der Waals surface area contributed by atoms with Crippen LogP contribution in [0.3, 0.4) is 0 Å². The van der Waals surface area contributed by atoms with Gasteiger partial charge in [-0.2, -0.15) is 26.3 Å². The first-order valence-electron chi connectivity index (χ1n) is 4.16. The smallest absolute Gasteiger partial charge is 0.402 e. The summed E-state index contributed by atoms with van der Waals surface area (Å²) in [5, 5.41) is 10.2. The molecule has 0 radical (unpaired) electrons. The fourth-order valence-electron chi connectivity index (χ4n) is 1.60. The lowest BCUT2D eigenvalue weighted by Crippen LogP contribution is -2.63. The van der Waals surface area contributed by atoms with E-state index in [0.717, 1.165) is 0 Å². The molecule has 16 heavy (non-hydrogen) atoms. The van der Waals surface area contributed by atoms with Crippen molar-refractivity contribution in [2.75, 3.05) is 6.54 Å². The van der Waals surface area contributed by atoms with Gasteiger partial charge in [-0.1, -0.05) is 0 Å². The van der Waals surface area contributed by atoms with Gasteiger partial charge in [-0.05, 0) is 6.42 Å². The van der Waals surface area contributed by atoms with Crippen molar-refractivity contribution in [3.05, 3.63) is 0 Å². The van der Waals surface area contributed by atoms with Crippen LogP contribution in [0.15, 0.2) is 0 Å². The lowest BCUT2D eigenvalue weighted by Gasteiger charge is -2.47. The average Bonchev–Trinajstić information content (AvgIpc) is 1.90. The van der Waals surface area contributed by atoms with Crippen LogP contribution in [-0.2, 0) is 0 Å². The number of likely N-dealkylation sites (tertiary alicyclic amines) is 1. The zero-order valence-corrected chi connectivity index (χ0v) is 7.60. The Hall–Kier alpha value is -1.15. The van der Waals surface area contributed by atoms with E-state index in [9.17, 15) is 36.2 Å². The van der Waals surface area contributed by atoms with E-state index >= 15 is 0 Å². The van der Waals surface area contributed by atoms with Crippen molar-refractivity contribution in [2.45, 2.75) is 24.8 Å². The summed E-state index contributed by atoms with van der Waals surface area (Å²) in [6.07, 6.45) is -13.5. The molecule has 1 atom stereocenters. The predicted molar refractivity (Wildman–Crippen MR) is 36.1 cm³/mol. The molecule has 1 unspecified atom stereocenters. The second kappa shape index (κ2) is 3.70. The Balaban J connectivity index is 2.92. The van der Waals surface area contributed by atoms with Gasteiger partial charge in [0.1, 0.15) is 6.09 Å². The van der Waals surface area contributed by atoms with Crippen molar-refractivity contribution < 1.29 is 36.2 Å². The maximum Gasteiger partial charge on any atom is 0.402 e. The molecule has 0 saturated carbocycles. The highest BCUT2D eigenvalue weighted by Gasteiger charge is 2.63. The van der Waals surface area contributed by atoms with E-state index in [4.69, 9.17) is 0 Å². The molecule has 0 N–H and O–H groups in total. The number of carbonyl (C=O) groups excluding carboxylic acids is 1. The third-order valence-corrected chi connectivity index (χ3v) is 2.39. The van der Waals surface area contributed by atoms with E-state index in [1.54, 1.807) is 0 Å². The van der Waals surface area contributed by atoms with Crippen molar-refractivity contribution in [3.8, 4) is 0 Å². The van der Waals surface area contributed by atoms with Crippen LogP contribution in [0.25, 0.3) is 0 Å². The molecule has 1 rings (SSSR count). The van der Waals surface area contributed by atoms with E-state index in [2.05, 4.69) is 0 Å². The molecule has 94 valence electrons. The van der Waals surface area contributed by atoms with E-state index in [1.807, 2.05) is 0 Å². The van der Waals surface area contributed by atoms with Crippen molar-refractivity contribution in [3.63, 3.8) is 0 Å². The van der Waals surface area contributed by atoms with Crippen LogP contribution in [0.4, 0.5) is 31.1 Å². The molecule has 3 nitrogen and oxygen atoms in total. The molecule has 0 aromatic carbocycles. The number of alkyl halides is 6. The number of carboxylic acid groups (broad SMARTS) is 1. The van der Waals surface area contributed by atoms with E-state index in [0.29, 0.717) is 0 Å². The Labute approximate surface area is 85.6 Å². The fraction of sp³-hybridized carbons (Fsp3) is 0.857. The fourth-order valence-corrected chi connectivity index (χ4v) is 1.60. The van der Waals surface area contributed by atoms with Gasteiger partial charge >= 0.3 is 12.4 Å². The Morgan fingerprint density at radius 3 is 1.81 bits per heavy atom. The third-order valence-electron chi connectivity index (χ3n) is 2.39. The second-order valence-electron chi connectivity index (χ2n) is 3.38. The summed E-state index contributed by atoms with van der Waals surface area (Å²) < 4.78 is 73.0. The minimum atomic E-state index is -5.52. The van der Waals surface area contributed by atoms with Gasteiger partial charge < -0.3 is 14.8 Å². The van der Waals surface area contributed by atoms with Gasteiger partial charge in [0.05, 0.1) is 6.04 Å². The van der Waals surface area contributed by atoms with Crippen LogP contribution in [0.2, 0.25) is 0 Å². The van der Waals surface area contributed by atoms with E-state index < -0.39 is 36.8 Å². The molecule has 0 aliphatic carbocycles. The monoisotopic (exact) mass is 250 g/mol. The summed E-state index contributed by atoms with van der Waals surface area (Å²) in [5.41, 5.74) is 0. The van der Waals surface area contributed by atoms with Crippen molar-refractivity contribution >= 4 is 6.09 Å². The van der Waals surface area contributed by atoms with Crippen LogP contribution in [0, 0.1) is 5.92 Å². The molecule has 1 saturated heterocycles. The van der Waals surface area contributed by atoms with Crippen LogP contribution >= 0.6 is 0 Å². The molecule has 0 aromatic rings. The zero-order chi connectivity index (χ0) is 12.7. The minimum absolute atomic E-state index is 0.0473. The van der Waals surface area contributed by atoms with Gasteiger partial charge in [-0.25, -0.2) is 0 Å². The Morgan fingerprint density at radius 1 is 1.19 bits per heavy atom. The molecular formula is C7H6F6NO2-. The lowest BCUT2D eigenvalue weighted by atomic mass is 9.88. The topological polar surface area (TPSA) is 43.4 Å². The molecular weight excluding hydrogens is 244 g/mol. The largest absolute Gasteiger partial charge is 0.530 e. The van der Waals surface area contributed by atoms with Gasteiger partial charge in [0.25, 0.3) is 0 Å². The molecule has 1 heterocycles. The molecule has 1 aliphatic rings. The summed E-state index contributed by atoms with van der Waals surface area (Å²) in [4.78, 5) is 10.3. The number of amides is 1. The summed E-state index contributed by atoms with van der Waals surface area (Å²) in [6, 6.07) is -2.12. The summed E-state index contributed by atoms with van der Waals surface area (Å²) in [6.45, 7) is -0.365.